The lowest BCUT2D eigenvalue weighted by Gasteiger charge is -2.53. The second kappa shape index (κ2) is 12.8. The van der Waals surface area contributed by atoms with Crippen molar-refractivity contribution in [3.05, 3.63) is 39.9 Å². The van der Waals surface area contributed by atoms with Gasteiger partial charge in [-0.05, 0) is 56.1 Å². The van der Waals surface area contributed by atoms with Gasteiger partial charge in [0.15, 0.2) is 0 Å². The van der Waals surface area contributed by atoms with Gasteiger partial charge in [-0.2, -0.15) is 0 Å². The lowest BCUT2D eigenvalue weighted by molar-refractivity contribution is -0.384. The second-order valence-electron chi connectivity index (χ2n) is 10.9. The zero-order valence-corrected chi connectivity index (χ0v) is 21.9. The molecule has 1 saturated heterocycles. The van der Waals surface area contributed by atoms with Gasteiger partial charge in [-0.25, -0.2) is 0 Å². The molecule has 1 heterocycles. The van der Waals surface area contributed by atoms with Gasteiger partial charge in [-0.15, -0.1) is 0 Å². The number of hydrogen-bond acceptors (Lipinski definition) is 6. The maximum atomic E-state index is 14.3. The smallest absolute Gasteiger partial charge is 0.269 e. The van der Waals surface area contributed by atoms with E-state index < -0.39 is 10.5 Å². The molecular weight excluding hydrogens is 472 g/mol. The van der Waals surface area contributed by atoms with Gasteiger partial charge in [-0.1, -0.05) is 38.5 Å². The summed E-state index contributed by atoms with van der Waals surface area (Å²) in [6.45, 7) is 4.40. The van der Waals surface area contributed by atoms with Gasteiger partial charge in [-0.3, -0.25) is 24.6 Å². The van der Waals surface area contributed by atoms with Gasteiger partial charge in [0.05, 0.1) is 18.1 Å². The highest BCUT2D eigenvalue weighted by molar-refractivity contribution is 5.99. The minimum atomic E-state index is -1.04. The normalized spacial score (nSPS) is 20.4. The number of hydrogen-bond donors (Lipinski definition) is 1. The number of nitrogens with two attached hydrogens (primary N) is 1. The van der Waals surface area contributed by atoms with Crippen LogP contribution in [0.5, 0.6) is 0 Å². The van der Waals surface area contributed by atoms with Crippen molar-refractivity contribution in [2.45, 2.75) is 76.2 Å². The fourth-order valence-electron chi connectivity index (χ4n) is 7.01. The Hall–Kier alpha value is -2.52. The number of rotatable bonds is 10. The van der Waals surface area contributed by atoms with E-state index in [0.29, 0.717) is 25.3 Å². The first-order valence-electron chi connectivity index (χ1n) is 14.1. The quantitative estimate of drug-likeness (QED) is 0.370. The Kier molecular flexibility index (Phi) is 9.54. The molecule has 204 valence electrons. The summed E-state index contributed by atoms with van der Waals surface area (Å²) in [6.07, 6.45) is 10.8. The number of morpholine rings is 1. The minimum absolute atomic E-state index is 0.0345. The molecule has 2 amide bonds. The van der Waals surface area contributed by atoms with Crippen LogP contribution in [0.2, 0.25) is 0 Å². The van der Waals surface area contributed by atoms with Crippen molar-refractivity contribution in [2.24, 2.45) is 17.6 Å². The van der Waals surface area contributed by atoms with Crippen molar-refractivity contribution in [3.63, 3.8) is 0 Å². The molecule has 0 atom stereocenters. The lowest BCUT2D eigenvalue weighted by atomic mass is 9.62. The van der Waals surface area contributed by atoms with Gasteiger partial charge in [0.1, 0.15) is 5.54 Å². The Balaban J connectivity index is 1.71. The number of carbonyl (C=O) groups excluding carboxylic acids is 2. The third-order valence-corrected chi connectivity index (χ3v) is 8.83. The number of ether oxygens (including phenoxy) is 1. The van der Waals surface area contributed by atoms with E-state index >= 15 is 0 Å². The van der Waals surface area contributed by atoms with Crippen LogP contribution in [0.25, 0.3) is 0 Å². The highest BCUT2D eigenvalue weighted by atomic mass is 16.6. The molecule has 9 heteroatoms. The third kappa shape index (κ3) is 6.14. The molecule has 0 radical (unpaired) electrons. The molecule has 2 saturated carbocycles. The number of nitrogens with zero attached hydrogens (tertiary/aromatic N) is 3. The van der Waals surface area contributed by atoms with Crippen LogP contribution in [0.1, 0.15) is 81.0 Å². The highest BCUT2D eigenvalue weighted by Crippen LogP contribution is 2.47. The van der Waals surface area contributed by atoms with Crippen LogP contribution in [0, 0.1) is 22.0 Å². The Morgan fingerprint density at radius 1 is 0.973 bits per heavy atom. The molecule has 9 nitrogen and oxygen atoms in total. The zero-order valence-electron chi connectivity index (χ0n) is 21.9. The molecule has 0 aromatic heterocycles. The van der Waals surface area contributed by atoms with E-state index in [1.165, 1.54) is 24.3 Å². The molecule has 2 aliphatic carbocycles. The number of non-ortho nitro benzene ring substituents is 1. The van der Waals surface area contributed by atoms with Gasteiger partial charge in [0.2, 0.25) is 5.91 Å². The summed E-state index contributed by atoms with van der Waals surface area (Å²) in [5.41, 5.74) is 5.65. The fraction of sp³-hybridized carbons (Fsp3) is 0.714. The number of benzene rings is 1. The Morgan fingerprint density at radius 3 is 2.00 bits per heavy atom. The highest BCUT2D eigenvalue weighted by Gasteiger charge is 2.55. The Bertz CT molecular complexity index is 901. The van der Waals surface area contributed by atoms with E-state index in [-0.39, 0.29) is 29.3 Å². The lowest BCUT2D eigenvalue weighted by Crippen LogP contribution is -2.68. The minimum Gasteiger partial charge on any atom is -0.379 e. The summed E-state index contributed by atoms with van der Waals surface area (Å²) in [7, 11) is 0. The maximum absolute atomic E-state index is 14.3. The summed E-state index contributed by atoms with van der Waals surface area (Å²) < 4.78 is 5.48. The molecule has 1 aromatic rings. The predicted molar refractivity (Wildman–Crippen MR) is 141 cm³/mol. The van der Waals surface area contributed by atoms with Gasteiger partial charge < -0.3 is 15.4 Å². The van der Waals surface area contributed by atoms with Crippen LogP contribution < -0.4 is 5.73 Å². The Labute approximate surface area is 219 Å². The largest absolute Gasteiger partial charge is 0.379 e. The van der Waals surface area contributed by atoms with Crippen molar-refractivity contribution < 1.29 is 19.2 Å². The molecular formula is C28H42N4O5. The van der Waals surface area contributed by atoms with Gasteiger partial charge in [0, 0.05) is 43.9 Å². The number of carbonyl (C=O) groups is 2. The maximum Gasteiger partial charge on any atom is 0.269 e. The second-order valence-corrected chi connectivity index (χ2v) is 10.9. The van der Waals surface area contributed by atoms with Crippen LogP contribution in [-0.2, 0) is 9.53 Å². The summed E-state index contributed by atoms with van der Waals surface area (Å²) in [4.78, 5) is 42.9. The number of nitro groups is 1. The van der Waals surface area contributed by atoms with E-state index in [9.17, 15) is 19.7 Å². The molecule has 0 unspecified atom stereocenters. The standard InChI is InChI=1S/C28H42N4O5/c29-27(34)28(23-8-3-1-4-9-23,24-10-5-2-6-11-24)31(17-7-16-30-18-20-37-21-19-30)26(33)22-12-14-25(15-13-22)32(35)36/h12-15,23-24H,1-11,16-21H2,(H2,29,34). The van der Waals surface area contributed by atoms with Crippen molar-refractivity contribution in [1.82, 2.24) is 9.80 Å². The van der Waals surface area contributed by atoms with Crippen molar-refractivity contribution in [2.75, 3.05) is 39.4 Å². The Morgan fingerprint density at radius 2 is 1.51 bits per heavy atom. The monoisotopic (exact) mass is 514 g/mol. The van der Waals surface area contributed by atoms with Crippen LogP contribution in [0.4, 0.5) is 5.69 Å². The average Bonchev–Trinajstić information content (AvgIpc) is 2.94. The molecule has 0 spiro atoms. The summed E-state index contributed by atoms with van der Waals surface area (Å²) in [5.74, 6) is -0.556. The topological polar surface area (TPSA) is 119 Å². The molecule has 2 N–H and O–H groups in total. The number of amides is 2. The van der Waals surface area contributed by atoms with E-state index in [1.807, 2.05) is 4.90 Å². The molecule has 3 fully saturated rings. The van der Waals surface area contributed by atoms with Crippen molar-refractivity contribution >= 4 is 17.5 Å². The van der Waals surface area contributed by atoms with Crippen LogP contribution >= 0.6 is 0 Å². The van der Waals surface area contributed by atoms with Crippen LogP contribution in [0.15, 0.2) is 24.3 Å². The summed E-state index contributed by atoms with van der Waals surface area (Å²) in [6, 6.07) is 5.77. The van der Waals surface area contributed by atoms with Crippen LogP contribution in [0.3, 0.4) is 0 Å². The average molecular weight is 515 g/mol. The first-order chi connectivity index (χ1) is 17.9. The van der Waals surface area contributed by atoms with E-state index in [1.54, 1.807) is 0 Å². The zero-order chi connectivity index (χ0) is 26.3. The van der Waals surface area contributed by atoms with Gasteiger partial charge >= 0.3 is 0 Å². The first-order valence-corrected chi connectivity index (χ1v) is 14.1. The number of primary amides is 1. The molecule has 1 aromatic carbocycles. The van der Waals surface area contributed by atoms with E-state index in [4.69, 9.17) is 10.5 Å². The number of nitro benzene ring substituents is 1. The first kappa shape index (κ1) is 27.5. The molecule has 4 rings (SSSR count). The molecule has 1 aliphatic heterocycles. The molecule has 37 heavy (non-hydrogen) atoms. The van der Waals surface area contributed by atoms with Gasteiger partial charge in [0.25, 0.3) is 11.6 Å². The third-order valence-electron chi connectivity index (χ3n) is 8.83. The van der Waals surface area contributed by atoms with Crippen LogP contribution in [-0.4, -0.2) is 71.5 Å². The molecule has 3 aliphatic rings. The van der Waals surface area contributed by atoms with E-state index in [2.05, 4.69) is 4.90 Å². The SMILES string of the molecule is NC(=O)C(C1CCCCC1)(C1CCCCC1)N(CCCN1CCOCC1)C(=O)c1ccc([N+](=O)[O-])cc1. The summed E-state index contributed by atoms with van der Waals surface area (Å²) >= 11 is 0. The summed E-state index contributed by atoms with van der Waals surface area (Å²) in [5, 5.41) is 11.2. The van der Waals surface area contributed by atoms with Crippen molar-refractivity contribution in [1.29, 1.82) is 0 Å². The van der Waals surface area contributed by atoms with Crippen molar-refractivity contribution in [3.8, 4) is 0 Å². The predicted octanol–water partition coefficient (Wildman–Crippen LogP) is 4.14. The van der Waals surface area contributed by atoms with E-state index in [0.717, 1.165) is 90.3 Å². The fourth-order valence-corrected chi connectivity index (χ4v) is 7.01. The molecule has 0 bridgehead atoms.